The zero-order valence-electron chi connectivity index (χ0n) is 19.6. The Morgan fingerprint density at radius 2 is 1.92 bits per heavy atom. The van der Waals surface area contributed by atoms with Gasteiger partial charge in [0.2, 0.25) is 11.0 Å². The highest BCUT2D eigenvalue weighted by atomic mass is 32.1. The van der Waals surface area contributed by atoms with Gasteiger partial charge in [-0.05, 0) is 43.4 Å². The number of hydrogen-bond acceptors (Lipinski definition) is 10. The molecule has 1 aliphatic rings. The Kier molecular flexibility index (Phi) is 7.82. The third-order valence-corrected chi connectivity index (χ3v) is 8.09. The maximum atomic E-state index is 12.3. The second-order valence-corrected chi connectivity index (χ2v) is 11.1. The number of aryl methyl sites for hydroxylation is 1. The number of aromatic nitrogens is 7. The van der Waals surface area contributed by atoms with Gasteiger partial charge >= 0.3 is 0 Å². The van der Waals surface area contributed by atoms with E-state index in [0.29, 0.717) is 36.4 Å². The Morgan fingerprint density at radius 3 is 2.75 bits per heavy atom. The number of carbonyl (C=O) groups is 2. The van der Waals surface area contributed by atoms with E-state index in [4.69, 9.17) is 0 Å². The van der Waals surface area contributed by atoms with E-state index in [-0.39, 0.29) is 18.1 Å². The van der Waals surface area contributed by atoms with Crippen LogP contribution in [0.25, 0.3) is 0 Å². The predicted molar refractivity (Wildman–Crippen MR) is 136 cm³/mol. The highest BCUT2D eigenvalue weighted by Gasteiger charge is 2.29. The molecule has 4 heterocycles. The highest BCUT2D eigenvalue weighted by molar-refractivity contribution is 7.15. The van der Waals surface area contributed by atoms with Gasteiger partial charge in [0.05, 0.1) is 12.8 Å². The summed E-state index contributed by atoms with van der Waals surface area (Å²) in [6.07, 6.45) is 10.2. The van der Waals surface area contributed by atoms with Crippen molar-refractivity contribution in [2.24, 2.45) is 5.92 Å². The fraction of sp³-hybridized carbons (Fsp3) is 0.417. The van der Waals surface area contributed by atoms with Gasteiger partial charge in [0, 0.05) is 49.6 Å². The molecule has 2 atom stereocenters. The van der Waals surface area contributed by atoms with Crippen molar-refractivity contribution in [3.8, 4) is 0 Å². The molecule has 4 aromatic rings. The standard InChI is InChI=1S/C24H26N8O2S2/c33-19(7-11-32-10-3-9-26-32)15-22-29-28-21(35-22)13-16-5-6-17(12-16)23-30-31-24(36-23)27-20(34)14-18-4-1-2-8-25-18/h1-4,8-10,16-17H,5-7,11-15H2,(H,27,31,34)/t16-,17+/m0/s1. The summed E-state index contributed by atoms with van der Waals surface area (Å²) in [5, 5.41) is 27.3. The SMILES string of the molecule is O=C(CCn1cccn1)Cc1nnc(C[C@H]2CC[C@@H](c3nnc(NC(=O)Cc4ccccn4)s3)C2)s1. The molecule has 10 nitrogen and oxygen atoms in total. The highest BCUT2D eigenvalue weighted by Crippen LogP contribution is 2.41. The molecule has 5 rings (SSSR count). The first-order chi connectivity index (χ1) is 17.6. The molecule has 0 aliphatic heterocycles. The van der Waals surface area contributed by atoms with Crippen LogP contribution in [0.5, 0.6) is 0 Å². The lowest BCUT2D eigenvalue weighted by Gasteiger charge is -2.07. The molecule has 0 spiro atoms. The zero-order chi connectivity index (χ0) is 24.7. The summed E-state index contributed by atoms with van der Waals surface area (Å²) in [4.78, 5) is 28.7. The number of anilines is 1. The summed E-state index contributed by atoms with van der Waals surface area (Å²) in [7, 11) is 0. The molecular formula is C24H26N8O2S2. The van der Waals surface area contributed by atoms with Crippen molar-refractivity contribution in [2.45, 2.75) is 57.4 Å². The minimum Gasteiger partial charge on any atom is -0.300 e. The molecule has 0 aromatic carbocycles. The van der Waals surface area contributed by atoms with E-state index < -0.39 is 0 Å². The fourth-order valence-electron chi connectivity index (χ4n) is 4.38. The van der Waals surface area contributed by atoms with E-state index in [1.54, 1.807) is 17.1 Å². The Hall–Kier alpha value is -3.38. The molecule has 4 aromatic heterocycles. The van der Waals surface area contributed by atoms with Crippen molar-refractivity contribution in [3.05, 3.63) is 63.6 Å². The van der Waals surface area contributed by atoms with Crippen LogP contribution in [-0.4, -0.2) is 46.8 Å². The van der Waals surface area contributed by atoms with E-state index in [9.17, 15) is 9.59 Å². The van der Waals surface area contributed by atoms with Crippen LogP contribution in [0.4, 0.5) is 5.13 Å². The summed E-state index contributed by atoms with van der Waals surface area (Å²) in [5.74, 6) is 0.837. The van der Waals surface area contributed by atoms with Gasteiger partial charge in [-0.3, -0.25) is 19.3 Å². The van der Waals surface area contributed by atoms with Crippen LogP contribution < -0.4 is 5.32 Å². The Morgan fingerprint density at radius 1 is 1.00 bits per heavy atom. The molecule has 1 aliphatic carbocycles. The molecule has 1 N–H and O–H groups in total. The van der Waals surface area contributed by atoms with Gasteiger partial charge in [0.15, 0.2) is 0 Å². The molecule has 36 heavy (non-hydrogen) atoms. The maximum absolute atomic E-state index is 12.3. The van der Waals surface area contributed by atoms with E-state index in [2.05, 4.69) is 35.8 Å². The lowest BCUT2D eigenvalue weighted by molar-refractivity contribution is -0.118. The topological polar surface area (TPSA) is 128 Å². The largest absolute Gasteiger partial charge is 0.300 e. The Labute approximate surface area is 216 Å². The van der Waals surface area contributed by atoms with Crippen LogP contribution in [0.3, 0.4) is 0 Å². The van der Waals surface area contributed by atoms with Gasteiger partial charge in [-0.2, -0.15) is 5.10 Å². The van der Waals surface area contributed by atoms with E-state index in [1.165, 1.54) is 22.7 Å². The Balaban J connectivity index is 1.07. The summed E-state index contributed by atoms with van der Waals surface area (Å²) in [6, 6.07) is 7.36. The molecule has 1 fully saturated rings. The molecule has 12 heteroatoms. The maximum Gasteiger partial charge on any atom is 0.232 e. The molecule has 186 valence electrons. The number of carbonyl (C=O) groups excluding carboxylic acids is 2. The Bertz CT molecular complexity index is 1290. The first-order valence-corrected chi connectivity index (χ1v) is 13.6. The van der Waals surface area contributed by atoms with Crippen LogP contribution >= 0.6 is 22.7 Å². The lowest BCUT2D eigenvalue weighted by atomic mass is 10.0. The van der Waals surface area contributed by atoms with Crippen LogP contribution in [0.15, 0.2) is 42.9 Å². The quantitative estimate of drug-likeness (QED) is 0.317. The summed E-state index contributed by atoms with van der Waals surface area (Å²) in [6.45, 7) is 0.586. The number of Topliss-reactive ketones (excluding diaryl/α,β-unsaturated/α-hetero) is 1. The van der Waals surface area contributed by atoms with Crippen molar-refractivity contribution < 1.29 is 9.59 Å². The second-order valence-electron chi connectivity index (χ2n) is 8.90. The molecule has 0 radical (unpaired) electrons. The summed E-state index contributed by atoms with van der Waals surface area (Å²) >= 11 is 2.98. The van der Waals surface area contributed by atoms with Crippen molar-refractivity contribution in [3.63, 3.8) is 0 Å². The average molecular weight is 523 g/mol. The van der Waals surface area contributed by atoms with E-state index in [1.807, 2.05) is 30.5 Å². The van der Waals surface area contributed by atoms with E-state index in [0.717, 1.165) is 46.4 Å². The van der Waals surface area contributed by atoms with Gasteiger partial charge in [-0.1, -0.05) is 17.4 Å². The number of rotatable bonds is 11. The molecule has 1 amide bonds. The van der Waals surface area contributed by atoms with Crippen LogP contribution in [0, 0.1) is 5.92 Å². The summed E-state index contributed by atoms with van der Waals surface area (Å²) in [5.41, 5.74) is 0.719. The number of amides is 1. The van der Waals surface area contributed by atoms with Crippen LogP contribution in [-0.2, 0) is 35.4 Å². The van der Waals surface area contributed by atoms with Gasteiger partial charge < -0.3 is 5.32 Å². The molecule has 0 unspecified atom stereocenters. The van der Waals surface area contributed by atoms with Crippen LogP contribution in [0.2, 0.25) is 0 Å². The number of nitrogens with one attached hydrogen (secondary N) is 1. The summed E-state index contributed by atoms with van der Waals surface area (Å²) < 4.78 is 1.76. The van der Waals surface area contributed by atoms with Gasteiger partial charge in [-0.15, -0.1) is 31.7 Å². The van der Waals surface area contributed by atoms with Crippen molar-refractivity contribution in [1.29, 1.82) is 0 Å². The van der Waals surface area contributed by atoms with Gasteiger partial charge in [0.25, 0.3) is 0 Å². The van der Waals surface area contributed by atoms with Crippen molar-refractivity contribution in [1.82, 2.24) is 35.2 Å². The first kappa shape index (κ1) is 24.3. The second kappa shape index (κ2) is 11.6. The van der Waals surface area contributed by atoms with Crippen LogP contribution in [0.1, 0.15) is 52.3 Å². The van der Waals surface area contributed by atoms with Crippen molar-refractivity contribution >= 4 is 39.5 Å². The van der Waals surface area contributed by atoms with E-state index >= 15 is 0 Å². The van der Waals surface area contributed by atoms with Crippen molar-refractivity contribution in [2.75, 3.05) is 5.32 Å². The third-order valence-electron chi connectivity index (χ3n) is 6.14. The lowest BCUT2D eigenvalue weighted by Crippen LogP contribution is -2.14. The predicted octanol–water partition coefficient (Wildman–Crippen LogP) is 3.49. The number of ketones is 1. The number of pyridine rings is 1. The number of hydrogen-bond donors (Lipinski definition) is 1. The average Bonchev–Trinajstić information content (AvgIpc) is 3.67. The third kappa shape index (κ3) is 6.64. The van der Waals surface area contributed by atoms with Gasteiger partial charge in [-0.25, -0.2) is 0 Å². The normalized spacial score (nSPS) is 17.3. The first-order valence-electron chi connectivity index (χ1n) is 11.9. The molecular weight excluding hydrogens is 496 g/mol. The van der Waals surface area contributed by atoms with Gasteiger partial charge in [0.1, 0.15) is 20.8 Å². The monoisotopic (exact) mass is 522 g/mol. The molecule has 0 bridgehead atoms. The zero-order valence-corrected chi connectivity index (χ0v) is 21.2. The number of nitrogens with zero attached hydrogens (tertiary/aromatic N) is 7. The smallest absolute Gasteiger partial charge is 0.232 e. The minimum atomic E-state index is -0.146. The molecule has 0 saturated heterocycles. The fourth-order valence-corrected chi connectivity index (χ4v) is 6.28. The minimum absolute atomic E-state index is 0.146. The molecule has 1 saturated carbocycles.